The van der Waals surface area contributed by atoms with Gasteiger partial charge in [0.25, 0.3) is 0 Å². The Kier molecular flexibility index (Phi) is 8.19. The molecule has 1 N–H and O–H groups in total. The van der Waals surface area contributed by atoms with Gasteiger partial charge in [0, 0.05) is 36.1 Å². The van der Waals surface area contributed by atoms with Crippen LogP contribution in [0.4, 0.5) is 0 Å². The number of aromatic nitrogens is 2. The molecule has 5 rings (SSSR count). The van der Waals surface area contributed by atoms with Gasteiger partial charge in [-0.15, -0.1) is 12.4 Å². The lowest BCUT2D eigenvalue weighted by molar-refractivity contribution is -0.136. The van der Waals surface area contributed by atoms with Gasteiger partial charge in [0.15, 0.2) is 0 Å². The second-order valence-corrected chi connectivity index (χ2v) is 8.95. The highest BCUT2D eigenvalue weighted by atomic mass is 35.5. The molecule has 0 saturated carbocycles. The molecule has 0 aliphatic carbocycles. The fraction of sp³-hybridized carbons (Fsp3) is 0.161. The molecule has 5 aromatic rings. The minimum absolute atomic E-state index is 0. The Hall–Kier alpha value is -3.89. The number of carboxylic acid groups (broad SMARTS) is 1. The highest BCUT2D eigenvalue weighted by Crippen LogP contribution is 2.28. The van der Waals surface area contributed by atoms with Crippen LogP contribution < -0.4 is 0 Å². The Labute approximate surface area is 217 Å². The first-order chi connectivity index (χ1) is 17.2. The third kappa shape index (κ3) is 6.02. The number of nitrogens with zero attached hydrogens (tertiary/aromatic N) is 2. The predicted molar refractivity (Wildman–Crippen MR) is 147 cm³/mol. The Balaban J connectivity index is 0.00000304. The number of benzene rings is 3. The Morgan fingerprint density at radius 2 is 1.44 bits per heavy atom. The summed E-state index contributed by atoms with van der Waals surface area (Å²) in [6.07, 6.45) is 9.36. The summed E-state index contributed by atoms with van der Waals surface area (Å²) in [6, 6.07) is 29.7. The van der Waals surface area contributed by atoms with E-state index in [1.54, 1.807) is 0 Å². The van der Waals surface area contributed by atoms with E-state index in [-0.39, 0.29) is 18.8 Å². The summed E-state index contributed by atoms with van der Waals surface area (Å²) < 4.78 is 2.26. The van der Waals surface area contributed by atoms with Gasteiger partial charge in [0.05, 0.1) is 5.52 Å². The van der Waals surface area contributed by atoms with Gasteiger partial charge in [-0.05, 0) is 89.9 Å². The van der Waals surface area contributed by atoms with Gasteiger partial charge in [-0.3, -0.25) is 9.78 Å². The van der Waals surface area contributed by atoms with Crippen LogP contribution in [0.5, 0.6) is 0 Å². The number of pyridine rings is 1. The maximum Gasteiger partial charge on any atom is 0.303 e. The van der Waals surface area contributed by atoms with Crippen molar-refractivity contribution >= 4 is 29.3 Å². The maximum absolute atomic E-state index is 11.1. The number of hydrogen-bond donors (Lipinski definition) is 1. The number of halogens is 1. The van der Waals surface area contributed by atoms with Gasteiger partial charge in [0.2, 0.25) is 0 Å². The minimum atomic E-state index is -0.765. The molecule has 0 fully saturated rings. The fourth-order valence-electron chi connectivity index (χ4n) is 4.60. The molecule has 5 heteroatoms. The third-order valence-corrected chi connectivity index (χ3v) is 6.48. The zero-order valence-corrected chi connectivity index (χ0v) is 20.8. The van der Waals surface area contributed by atoms with Gasteiger partial charge in [0.1, 0.15) is 0 Å². The van der Waals surface area contributed by atoms with Crippen LogP contribution in [0.2, 0.25) is 0 Å². The van der Waals surface area contributed by atoms with Crippen LogP contribution in [0.1, 0.15) is 34.2 Å². The van der Waals surface area contributed by atoms with Gasteiger partial charge >= 0.3 is 5.97 Å². The summed E-state index contributed by atoms with van der Waals surface area (Å²) in [5.41, 5.74) is 8.43. The van der Waals surface area contributed by atoms with E-state index in [0.717, 1.165) is 36.0 Å². The Morgan fingerprint density at radius 3 is 2.17 bits per heavy atom. The molecule has 0 bridgehead atoms. The standard InChI is InChI=1S/C31H28N2O2.ClH/c34-31(35)15-10-25-9-14-30-29(21-25)27(11-6-23-4-2-1-3-5-23)22-33(30)28-12-7-24(8-13-28)20-26-16-18-32-19-17-26;/h1-5,7-9,12-14,16-19,21-22H,6,10-11,15,20H2,(H,34,35);1H. The molecule has 0 spiro atoms. The van der Waals surface area contributed by atoms with Gasteiger partial charge in [-0.1, -0.05) is 48.5 Å². The Morgan fingerprint density at radius 1 is 0.750 bits per heavy atom. The van der Waals surface area contributed by atoms with Crippen molar-refractivity contribution in [3.05, 3.63) is 131 Å². The number of rotatable bonds is 9. The summed E-state index contributed by atoms with van der Waals surface area (Å²) in [7, 11) is 0. The molecule has 0 aliphatic rings. The number of carboxylic acids is 1. The molecular formula is C31H29ClN2O2. The molecule has 36 heavy (non-hydrogen) atoms. The lowest BCUT2D eigenvalue weighted by Crippen LogP contribution is -1.97. The van der Waals surface area contributed by atoms with E-state index in [0.29, 0.717) is 6.42 Å². The Bertz CT molecular complexity index is 1430. The second kappa shape index (κ2) is 11.7. The van der Waals surface area contributed by atoms with Crippen molar-refractivity contribution in [2.45, 2.75) is 32.1 Å². The van der Waals surface area contributed by atoms with Crippen molar-refractivity contribution < 1.29 is 9.90 Å². The van der Waals surface area contributed by atoms with Crippen LogP contribution in [0.15, 0.2) is 104 Å². The zero-order valence-electron chi connectivity index (χ0n) is 20.0. The van der Waals surface area contributed by atoms with E-state index in [4.69, 9.17) is 5.11 Å². The molecule has 0 radical (unpaired) electrons. The topological polar surface area (TPSA) is 55.1 Å². The first-order valence-electron chi connectivity index (χ1n) is 12.0. The van der Waals surface area contributed by atoms with E-state index < -0.39 is 5.97 Å². The highest BCUT2D eigenvalue weighted by molar-refractivity contribution is 5.86. The normalized spacial score (nSPS) is 10.8. The maximum atomic E-state index is 11.1. The molecule has 0 unspecified atom stereocenters. The summed E-state index contributed by atoms with van der Waals surface area (Å²) in [5.74, 6) is -0.765. The van der Waals surface area contributed by atoms with Gasteiger partial charge in [-0.2, -0.15) is 0 Å². The first-order valence-corrected chi connectivity index (χ1v) is 12.0. The number of hydrogen-bond acceptors (Lipinski definition) is 2. The highest BCUT2D eigenvalue weighted by Gasteiger charge is 2.12. The quantitative estimate of drug-likeness (QED) is 0.243. The number of carbonyl (C=O) groups is 1. The van der Waals surface area contributed by atoms with E-state index in [2.05, 4.69) is 82.5 Å². The molecule has 0 atom stereocenters. The van der Waals surface area contributed by atoms with Crippen LogP contribution in [0, 0.1) is 0 Å². The summed E-state index contributed by atoms with van der Waals surface area (Å²) in [6.45, 7) is 0. The third-order valence-electron chi connectivity index (χ3n) is 6.48. The SMILES string of the molecule is Cl.O=C(O)CCc1ccc2c(c1)c(CCc1ccccc1)cn2-c1ccc(Cc2ccncc2)cc1. The van der Waals surface area contributed by atoms with Crippen LogP contribution in [-0.4, -0.2) is 20.6 Å². The van der Waals surface area contributed by atoms with E-state index in [1.165, 1.54) is 27.6 Å². The molecule has 0 saturated heterocycles. The molecule has 0 aliphatic heterocycles. The van der Waals surface area contributed by atoms with Crippen LogP contribution in [0.3, 0.4) is 0 Å². The first kappa shape index (κ1) is 25.2. The van der Waals surface area contributed by atoms with Crippen molar-refractivity contribution in [2.24, 2.45) is 0 Å². The smallest absolute Gasteiger partial charge is 0.303 e. The van der Waals surface area contributed by atoms with Crippen LogP contribution in [-0.2, 0) is 30.5 Å². The van der Waals surface area contributed by atoms with Crippen molar-refractivity contribution in [2.75, 3.05) is 0 Å². The van der Waals surface area contributed by atoms with Gasteiger partial charge < -0.3 is 9.67 Å². The van der Waals surface area contributed by atoms with Crippen LogP contribution in [0.25, 0.3) is 16.6 Å². The molecule has 2 heterocycles. The molecule has 3 aromatic carbocycles. The lowest BCUT2D eigenvalue weighted by atomic mass is 10.0. The molecular weight excluding hydrogens is 468 g/mol. The van der Waals surface area contributed by atoms with Crippen molar-refractivity contribution in [3.63, 3.8) is 0 Å². The fourth-order valence-corrected chi connectivity index (χ4v) is 4.60. The molecule has 0 amide bonds. The van der Waals surface area contributed by atoms with Crippen molar-refractivity contribution in [1.29, 1.82) is 0 Å². The minimum Gasteiger partial charge on any atom is -0.481 e. The van der Waals surface area contributed by atoms with E-state index >= 15 is 0 Å². The summed E-state index contributed by atoms with van der Waals surface area (Å²) in [5, 5.41) is 10.3. The lowest BCUT2D eigenvalue weighted by Gasteiger charge is -2.08. The zero-order chi connectivity index (χ0) is 24.0. The monoisotopic (exact) mass is 496 g/mol. The van der Waals surface area contributed by atoms with Crippen molar-refractivity contribution in [3.8, 4) is 5.69 Å². The average Bonchev–Trinajstić information content (AvgIpc) is 3.26. The van der Waals surface area contributed by atoms with E-state index in [1.807, 2.05) is 30.6 Å². The predicted octanol–water partition coefficient (Wildman–Crippen LogP) is 6.84. The van der Waals surface area contributed by atoms with E-state index in [9.17, 15) is 4.79 Å². The number of fused-ring (bicyclic) bond motifs is 1. The second-order valence-electron chi connectivity index (χ2n) is 8.95. The molecule has 2 aromatic heterocycles. The largest absolute Gasteiger partial charge is 0.481 e. The summed E-state index contributed by atoms with van der Waals surface area (Å²) >= 11 is 0. The number of aryl methyl sites for hydroxylation is 3. The van der Waals surface area contributed by atoms with Gasteiger partial charge in [-0.25, -0.2) is 0 Å². The summed E-state index contributed by atoms with van der Waals surface area (Å²) in [4.78, 5) is 15.2. The molecule has 4 nitrogen and oxygen atoms in total. The van der Waals surface area contributed by atoms with Crippen molar-refractivity contribution in [1.82, 2.24) is 9.55 Å². The number of aliphatic carboxylic acids is 1. The molecule has 182 valence electrons. The van der Waals surface area contributed by atoms with Crippen LogP contribution >= 0.6 is 12.4 Å². The average molecular weight is 497 g/mol.